The molecule has 0 bridgehead atoms. The Morgan fingerprint density at radius 3 is 2.83 bits per heavy atom. The smallest absolute Gasteiger partial charge is 0.267 e. The highest BCUT2D eigenvalue weighted by Crippen LogP contribution is 2.45. The molecule has 0 unspecified atom stereocenters. The van der Waals surface area contributed by atoms with Gasteiger partial charge in [-0.2, -0.15) is 5.10 Å². The molecular weight excluding hydrogens is 378 g/mol. The normalized spacial score (nSPS) is 17.8. The Kier molecular flexibility index (Phi) is 4.81. The maximum Gasteiger partial charge on any atom is 0.267 e. The molecule has 1 aliphatic carbocycles. The Hall–Kier alpha value is -3.09. The van der Waals surface area contributed by atoms with Gasteiger partial charge in [0.25, 0.3) is 5.56 Å². The Bertz CT molecular complexity index is 1150. The Balaban J connectivity index is 1.30. The highest BCUT2D eigenvalue weighted by molar-refractivity contribution is 5.83. The zero-order chi connectivity index (χ0) is 20.6. The minimum atomic E-state index is -0.242. The van der Waals surface area contributed by atoms with Crippen molar-refractivity contribution >= 4 is 22.5 Å². The molecule has 2 fully saturated rings. The minimum Gasteiger partial charge on any atom is -0.355 e. The standard InChI is InChI=1S/C23H25N5O2/c29-19(11-17-3-4-18-13-24-16-25-20(18)12-17)14-28-22(30)6-5-21(26-28)27-10-9-23(15-27)7-1-2-8-23/h3-6,12-13,16H,1-2,7-11,14-15H2. The van der Waals surface area contributed by atoms with Gasteiger partial charge in [-0.3, -0.25) is 9.59 Å². The summed E-state index contributed by atoms with van der Waals surface area (Å²) >= 11 is 0. The van der Waals surface area contributed by atoms with E-state index in [1.807, 2.05) is 18.2 Å². The number of Topliss-reactive ketones (excluding diaryl/α,β-unsaturated/α-hetero) is 1. The van der Waals surface area contributed by atoms with Gasteiger partial charge in [-0.15, -0.1) is 0 Å². The van der Waals surface area contributed by atoms with Crippen molar-refractivity contribution in [3.8, 4) is 0 Å². The lowest BCUT2D eigenvalue weighted by atomic mass is 9.86. The molecule has 30 heavy (non-hydrogen) atoms. The van der Waals surface area contributed by atoms with E-state index in [0.717, 1.165) is 35.4 Å². The van der Waals surface area contributed by atoms with Crippen LogP contribution < -0.4 is 10.5 Å². The van der Waals surface area contributed by atoms with E-state index in [2.05, 4.69) is 20.0 Å². The largest absolute Gasteiger partial charge is 0.355 e. The fourth-order valence-electron chi connectivity index (χ4n) is 4.96. The Morgan fingerprint density at radius 2 is 1.97 bits per heavy atom. The molecule has 0 radical (unpaired) electrons. The lowest BCUT2D eigenvalue weighted by Crippen LogP contribution is -2.31. The number of hydrogen-bond acceptors (Lipinski definition) is 6. The van der Waals surface area contributed by atoms with E-state index in [-0.39, 0.29) is 24.3 Å². The van der Waals surface area contributed by atoms with Crippen LogP contribution in [-0.2, 0) is 17.8 Å². The van der Waals surface area contributed by atoms with E-state index in [9.17, 15) is 9.59 Å². The molecule has 154 valence electrons. The number of carbonyl (C=O) groups is 1. The SMILES string of the molecule is O=C(Cc1ccc2cncnc2c1)Cn1nc(N2CCC3(CCCC3)C2)ccc1=O. The van der Waals surface area contributed by atoms with Crippen LogP contribution >= 0.6 is 0 Å². The average molecular weight is 403 g/mol. The summed E-state index contributed by atoms with van der Waals surface area (Å²) in [4.78, 5) is 35.5. The first-order valence-electron chi connectivity index (χ1n) is 10.6. The van der Waals surface area contributed by atoms with E-state index in [1.54, 1.807) is 12.3 Å². The molecule has 0 N–H and O–H groups in total. The first kappa shape index (κ1) is 18.9. The van der Waals surface area contributed by atoms with Gasteiger partial charge in [-0.1, -0.05) is 25.0 Å². The third kappa shape index (κ3) is 3.72. The highest BCUT2D eigenvalue weighted by Gasteiger charge is 2.40. The van der Waals surface area contributed by atoms with Crippen molar-refractivity contribution in [2.75, 3.05) is 18.0 Å². The second-order valence-corrected chi connectivity index (χ2v) is 8.70. The van der Waals surface area contributed by atoms with Crippen LogP contribution in [-0.4, -0.2) is 38.6 Å². The van der Waals surface area contributed by atoms with E-state index >= 15 is 0 Å². The summed E-state index contributed by atoms with van der Waals surface area (Å²) in [5, 5.41) is 5.46. The van der Waals surface area contributed by atoms with Gasteiger partial charge in [0.15, 0.2) is 5.78 Å². The fourth-order valence-corrected chi connectivity index (χ4v) is 4.96. The van der Waals surface area contributed by atoms with Crippen LogP contribution in [0.1, 0.15) is 37.7 Å². The molecule has 5 rings (SSSR count). The number of hydrogen-bond donors (Lipinski definition) is 0. The van der Waals surface area contributed by atoms with Gasteiger partial charge >= 0.3 is 0 Å². The molecule has 1 saturated carbocycles. The lowest BCUT2D eigenvalue weighted by Gasteiger charge is -2.24. The summed E-state index contributed by atoms with van der Waals surface area (Å²) in [7, 11) is 0. The summed E-state index contributed by atoms with van der Waals surface area (Å²) < 4.78 is 1.31. The third-order valence-corrected chi connectivity index (χ3v) is 6.58. The summed E-state index contributed by atoms with van der Waals surface area (Å²) in [5.74, 6) is 0.748. The zero-order valence-electron chi connectivity index (χ0n) is 17.0. The topological polar surface area (TPSA) is 81.0 Å². The minimum absolute atomic E-state index is 0.0204. The molecule has 7 heteroatoms. The van der Waals surface area contributed by atoms with Crippen molar-refractivity contribution in [3.63, 3.8) is 0 Å². The van der Waals surface area contributed by atoms with Crippen LogP contribution in [0.25, 0.3) is 10.9 Å². The van der Waals surface area contributed by atoms with E-state index < -0.39 is 0 Å². The van der Waals surface area contributed by atoms with Crippen molar-refractivity contribution in [2.45, 2.75) is 45.1 Å². The second-order valence-electron chi connectivity index (χ2n) is 8.70. The number of fused-ring (bicyclic) bond motifs is 1. The van der Waals surface area contributed by atoms with Crippen molar-refractivity contribution < 1.29 is 4.79 Å². The zero-order valence-corrected chi connectivity index (χ0v) is 17.0. The first-order chi connectivity index (χ1) is 14.6. The molecule has 3 aromatic rings. The fraction of sp³-hybridized carbons (Fsp3) is 0.435. The van der Waals surface area contributed by atoms with Crippen LogP contribution in [0.3, 0.4) is 0 Å². The Morgan fingerprint density at radius 1 is 1.10 bits per heavy atom. The van der Waals surface area contributed by atoms with Gasteiger partial charge in [0.05, 0.1) is 5.52 Å². The molecule has 3 heterocycles. The predicted molar refractivity (Wildman–Crippen MR) is 114 cm³/mol. The maximum atomic E-state index is 12.7. The summed E-state index contributed by atoms with van der Waals surface area (Å²) in [6.07, 6.45) is 9.89. The quantitative estimate of drug-likeness (QED) is 0.652. The van der Waals surface area contributed by atoms with E-state index in [4.69, 9.17) is 0 Å². The molecule has 7 nitrogen and oxygen atoms in total. The van der Waals surface area contributed by atoms with E-state index in [0.29, 0.717) is 5.41 Å². The summed E-state index contributed by atoms with van der Waals surface area (Å²) in [5.41, 5.74) is 1.87. The number of aromatic nitrogens is 4. The second kappa shape index (κ2) is 7.63. The molecule has 1 aliphatic heterocycles. The number of rotatable bonds is 5. The average Bonchev–Trinajstić information content (AvgIpc) is 3.39. The summed E-state index contributed by atoms with van der Waals surface area (Å²) in [6, 6.07) is 9.03. The van der Waals surface area contributed by atoms with Gasteiger partial charge < -0.3 is 4.90 Å². The number of ketones is 1. The molecule has 0 atom stereocenters. The maximum absolute atomic E-state index is 12.7. The molecule has 2 aromatic heterocycles. The number of benzene rings is 1. The monoisotopic (exact) mass is 403 g/mol. The molecule has 1 aromatic carbocycles. The highest BCUT2D eigenvalue weighted by atomic mass is 16.1. The first-order valence-corrected chi connectivity index (χ1v) is 10.6. The van der Waals surface area contributed by atoms with Gasteiger partial charge in [0.1, 0.15) is 18.7 Å². The van der Waals surface area contributed by atoms with Gasteiger partial charge in [0.2, 0.25) is 0 Å². The lowest BCUT2D eigenvalue weighted by molar-refractivity contribution is -0.119. The van der Waals surface area contributed by atoms with Crippen LogP contribution in [0, 0.1) is 5.41 Å². The molecule has 0 amide bonds. The van der Waals surface area contributed by atoms with Crippen LogP contribution in [0.5, 0.6) is 0 Å². The number of carbonyl (C=O) groups excluding carboxylic acids is 1. The number of nitrogens with zero attached hydrogens (tertiary/aromatic N) is 5. The van der Waals surface area contributed by atoms with E-state index in [1.165, 1.54) is 49.2 Å². The predicted octanol–water partition coefficient (Wildman–Crippen LogP) is 2.77. The van der Waals surface area contributed by atoms with Gasteiger partial charge in [-0.05, 0) is 42.4 Å². The molecular formula is C23H25N5O2. The van der Waals surface area contributed by atoms with Gasteiger partial charge in [-0.25, -0.2) is 14.6 Å². The number of anilines is 1. The third-order valence-electron chi connectivity index (χ3n) is 6.58. The van der Waals surface area contributed by atoms with Crippen molar-refractivity contribution in [1.29, 1.82) is 0 Å². The molecule has 1 saturated heterocycles. The van der Waals surface area contributed by atoms with Gasteiger partial charge in [0, 0.05) is 37.2 Å². The van der Waals surface area contributed by atoms with Crippen LogP contribution in [0.2, 0.25) is 0 Å². The Labute approximate surface area is 174 Å². The van der Waals surface area contributed by atoms with Crippen LogP contribution in [0.15, 0.2) is 47.7 Å². The summed E-state index contributed by atoms with van der Waals surface area (Å²) in [6.45, 7) is 1.96. The van der Waals surface area contributed by atoms with Crippen LogP contribution in [0.4, 0.5) is 5.82 Å². The van der Waals surface area contributed by atoms with Crippen molar-refractivity contribution in [3.05, 3.63) is 58.8 Å². The van der Waals surface area contributed by atoms with Crippen molar-refractivity contribution in [2.24, 2.45) is 5.41 Å². The molecule has 1 spiro atoms. The van der Waals surface area contributed by atoms with Crippen molar-refractivity contribution in [1.82, 2.24) is 19.7 Å². The molecule has 2 aliphatic rings.